The lowest BCUT2D eigenvalue weighted by molar-refractivity contribution is 0.0690. The maximum absolute atomic E-state index is 12.7. The standard InChI is InChI=1S/C18H21F2N5O3/c1-24-15(8-13(23-24)16(19)20)17(26)22-9-11-3-2-6-25(10-11)12-4-5-21-14(7-12)18(27)28/h4-5,7-8,11,16H,2-3,6,9-10H2,1H3,(H,22,26)(H,27,28). The Kier molecular flexibility index (Phi) is 5.86. The normalized spacial score (nSPS) is 17.0. The maximum Gasteiger partial charge on any atom is 0.354 e. The van der Waals surface area contributed by atoms with Crippen molar-refractivity contribution in [2.24, 2.45) is 13.0 Å². The number of carbonyl (C=O) groups is 2. The summed E-state index contributed by atoms with van der Waals surface area (Å²) in [6.45, 7) is 1.82. The molecule has 10 heteroatoms. The minimum Gasteiger partial charge on any atom is -0.477 e. The lowest BCUT2D eigenvalue weighted by Crippen LogP contribution is -2.41. The molecule has 1 saturated heterocycles. The first-order chi connectivity index (χ1) is 13.3. The third-order valence-corrected chi connectivity index (χ3v) is 4.75. The van der Waals surface area contributed by atoms with Crippen molar-refractivity contribution in [1.82, 2.24) is 20.1 Å². The largest absolute Gasteiger partial charge is 0.477 e. The Morgan fingerprint density at radius 1 is 1.39 bits per heavy atom. The Morgan fingerprint density at radius 3 is 2.86 bits per heavy atom. The van der Waals surface area contributed by atoms with Crippen LogP contribution < -0.4 is 10.2 Å². The third kappa shape index (κ3) is 4.44. The Balaban J connectivity index is 1.60. The molecule has 2 N–H and O–H groups in total. The quantitative estimate of drug-likeness (QED) is 0.780. The van der Waals surface area contributed by atoms with E-state index in [4.69, 9.17) is 5.11 Å². The molecule has 1 aliphatic rings. The van der Waals surface area contributed by atoms with Gasteiger partial charge in [-0.05, 0) is 37.0 Å². The highest BCUT2D eigenvalue weighted by molar-refractivity contribution is 5.92. The van der Waals surface area contributed by atoms with Gasteiger partial charge in [0, 0.05) is 38.6 Å². The molecule has 0 aromatic carbocycles. The summed E-state index contributed by atoms with van der Waals surface area (Å²) in [5.41, 5.74) is 0.419. The fourth-order valence-electron chi connectivity index (χ4n) is 3.34. The molecule has 0 aliphatic carbocycles. The number of carboxylic acids is 1. The minimum absolute atomic E-state index is 0.0148. The van der Waals surface area contributed by atoms with Crippen LogP contribution in [0.5, 0.6) is 0 Å². The highest BCUT2D eigenvalue weighted by Gasteiger charge is 2.23. The van der Waals surface area contributed by atoms with Crippen molar-refractivity contribution in [1.29, 1.82) is 0 Å². The number of nitrogens with one attached hydrogen (secondary N) is 1. The fourth-order valence-corrected chi connectivity index (χ4v) is 3.34. The number of alkyl halides is 2. The zero-order valence-electron chi connectivity index (χ0n) is 15.3. The number of rotatable bonds is 6. The van der Waals surface area contributed by atoms with Crippen LogP contribution in [0.25, 0.3) is 0 Å². The predicted molar refractivity (Wildman–Crippen MR) is 96.6 cm³/mol. The van der Waals surface area contributed by atoms with Gasteiger partial charge in [0.1, 0.15) is 17.1 Å². The number of aromatic carboxylic acids is 1. The molecule has 2 aromatic rings. The van der Waals surface area contributed by atoms with E-state index in [9.17, 15) is 18.4 Å². The Hall–Kier alpha value is -3.04. The number of aryl methyl sites for hydroxylation is 1. The first-order valence-electron chi connectivity index (χ1n) is 8.89. The van der Waals surface area contributed by atoms with Crippen LogP contribution in [0.4, 0.5) is 14.5 Å². The van der Waals surface area contributed by atoms with Gasteiger partial charge in [-0.25, -0.2) is 18.6 Å². The van der Waals surface area contributed by atoms with Crippen LogP contribution in [-0.4, -0.2) is 51.4 Å². The van der Waals surface area contributed by atoms with E-state index in [1.807, 2.05) is 0 Å². The second kappa shape index (κ2) is 8.32. The number of aromatic nitrogens is 3. The highest BCUT2D eigenvalue weighted by atomic mass is 19.3. The molecule has 1 aliphatic heterocycles. The summed E-state index contributed by atoms with van der Waals surface area (Å²) >= 11 is 0. The second-order valence-electron chi connectivity index (χ2n) is 6.75. The molecule has 150 valence electrons. The molecule has 1 unspecified atom stereocenters. The molecule has 1 fully saturated rings. The summed E-state index contributed by atoms with van der Waals surface area (Å²) in [6, 6.07) is 4.39. The van der Waals surface area contributed by atoms with Gasteiger partial charge >= 0.3 is 5.97 Å². The number of carboxylic acid groups (broad SMARTS) is 1. The Morgan fingerprint density at radius 2 is 2.18 bits per heavy atom. The molecular formula is C18H21F2N5O3. The number of anilines is 1. The summed E-state index contributed by atoms with van der Waals surface area (Å²) in [5.74, 6) is -1.37. The number of hydrogen-bond donors (Lipinski definition) is 2. The summed E-state index contributed by atoms with van der Waals surface area (Å²) in [7, 11) is 1.45. The van der Waals surface area contributed by atoms with Crippen LogP contribution in [0.1, 0.15) is 45.9 Å². The van der Waals surface area contributed by atoms with Crippen LogP contribution in [0.3, 0.4) is 0 Å². The highest BCUT2D eigenvalue weighted by Crippen LogP contribution is 2.23. The van der Waals surface area contributed by atoms with E-state index >= 15 is 0 Å². The van der Waals surface area contributed by atoms with E-state index < -0.39 is 24.0 Å². The van der Waals surface area contributed by atoms with Gasteiger partial charge in [-0.2, -0.15) is 5.10 Å². The first-order valence-corrected chi connectivity index (χ1v) is 8.89. The average molecular weight is 393 g/mol. The minimum atomic E-state index is -2.73. The fraction of sp³-hybridized carbons (Fsp3) is 0.444. The van der Waals surface area contributed by atoms with Crippen LogP contribution in [0.2, 0.25) is 0 Å². The summed E-state index contributed by atoms with van der Waals surface area (Å²) in [4.78, 5) is 29.3. The number of pyridine rings is 1. The third-order valence-electron chi connectivity index (χ3n) is 4.75. The van der Waals surface area contributed by atoms with Crippen molar-refractivity contribution in [3.8, 4) is 0 Å². The SMILES string of the molecule is Cn1nc(C(F)F)cc1C(=O)NCC1CCCN(c2ccnc(C(=O)O)c2)C1. The van der Waals surface area contributed by atoms with Gasteiger partial charge in [0.05, 0.1) is 0 Å². The lowest BCUT2D eigenvalue weighted by Gasteiger charge is -2.34. The van der Waals surface area contributed by atoms with Gasteiger partial charge in [-0.3, -0.25) is 9.48 Å². The number of halogens is 2. The van der Waals surface area contributed by atoms with E-state index in [0.717, 1.165) is 35.8 Å². The number of piperidine rings is 1. The molecule has 1 amide bonds. The summed E-state index contributed by atoms with van der Waals surface area (Å²) in [6.07, 6.45) is 0.539. The number of nitrogens with zero attached hydrogens (tertiary/aromatic N) is 4. The number of carbonyl (C=O) groups excluding carboxylic acids is 1. The smallest absolute Gasteiger partial charge is 0.354 e. The van der Waals surface area contributed by atoms with Crippen molar-refractivity contribution in [3.63, 3.8) is 0 Å². The molecule has 0 saturated carbocycles. The van der Waals surface area contributed by atoms with Crippen LogP contribution in [0, 0.1) is 5.92 Å². The number of hydrogen-bond acceptors (Lipinski definition) is 5. The maximum atomic E-state index is 12.7. The van der Waals surface area contributed by atoms with Crippen molar-refractivity contribution < 1.29 is 23.5 Å². The number of amides is 1. The molecular weight excluding hydrogens is 372 g/mol. The molecule has 1 atom stereocenters. The van der Waals surface area contributed by atoms with Crippen LogP contribution in [0.15, 0.2) is 24.4 Å². The summed E-state index contributed by atoms with van der Waals surface area (Å²) < 4.78 is 26.6. The van der Waals surface area contributed by atoms with Gasteiger partial charge in [0.25, 0.3) is 12.3 Å². The molecule has 0 spiro atoms. The zero-order chi connectivity index (χ0) is 20.3. The van der Waals surface area contributed by atoms with E-state index in [0.29, 0.717) is 13.1 Å². The van der Waals surface area contributed by atoms with E-state index in [1.54, 1.807) is 6.07 Å². The van der Waals surface area contributed by atoms with Gasteiger partial charge in [-0.15, -0.1) is 0 Å². The van der Waals surface area contributed by atoms with Crippen molar-refractivity contribution in [2.75, 3.05) is 24.5 Å². The van der Waals surface area contributed by atoms with Crippen LogP contribution >= 0.6 is 0 Å². The van der Waals surface area contributed by atoms with E-state index in [2.05, 4.69) is 20.3 Å². The van der Waals surface area contributed by atoms with E-state index in [1.165, 1.54) is 19.3 Å². The van der Waals surface area contributed by atoms with E-state index in [-0.39, 0.29) is 17.3 Å². The Bertz CT molecular complexity index is 871. The first kappa shape index (κ1) is 19.7. The van der Waals surface area contributed by atoms with Gasteiger partial charge in [0.2, 0.25) is 0 Å². The Labute approximate surface area is 160 Å². The van der Waals surface area contributed by atoms with Crippen molar-refractivity contribution in [3.05, 3.63) is 41.5 Å². The predicted octanol–water partition coefficient (Wildman–Crippen LogP) is 2.10. The second-order valence-corrected chi connectivity index (χ2v) is 6.75. The molecule has 8 nitrogen and oxygen atoms in total. The van der Waals surface area contributed by atoms with Gasteiger partial charge in [0.15, 0.2) is 0 Å². The van der Waals surface area contributed by atoms with Crippen LogP contribution in [-0.2, 0) is 7.05 Å². The average Bonchev–Trinajstić information content (AvgIpc) is 3.08. The molecule has 28 heavy (non-hydrogen) atoms. The van der Waals surface area contributed by atoms with Gasteiger partial charge < -0.3 is 15.3 Å². The molecule has 0 radical (unpaired) electrons. The summed E-state index contributed by atoms with van der Waals surface area (Å²) in [5, 5.41) is 15.5. The monoisotopic (exact) mass is 393 g/mol. The molecule has 0 bridgehead atoms. The topological polar surface area (TPSA) is 100 Å². The van der Waals surface area contributed by atoms with Crippen molar-refractivity contribution >= 4 is 17.6 Å². The lowest BCUT2D eigenvalue weighted by atomic mass is 9.97. The molecule has 3 rings (SSSR count). The van der Waals surface area contributed by atoms with Gasteiger partial charge in [-0.1, -0.05) is 0 Å². The van der Waals surface area contributed by atoms with Crippen molar-refractivity contribution in [2.45, 2.75) is 19.3 Å². The molecule has 3 heterocycles. The zero-order valence-corrected chi connectivity index (χ0v) is 15.3. The molecule has 2 aromatic heterocycles.